The molecule has 1 aromatic heterocycles. The first kappa shape index (κ1) is 14.5. The first-order valence-corrected chi connectivity index (χ1v) is 6.81. The van der Waals surface area contributed by atoms with Crippen LogP contribution in [0.25, 0.3) is 0 Å². The molecule has 0 aliphatic rings. The second kappa shape index (κ2) is 6.52. The number of aryl methyl sites for hydroxylation is 1. The minimum absolute atomic E-state index is 0.330. The standard InChI is InChI=1S/C15H14BrNO3/c1-10-5-13(19-2)7-12(17-10)9-20-15-4-3-11(8-18)6-14(15)16/h3-8H,9H2,1-2H3. The lowest BCUT2D eigenvalue weighted by Crippen LogP contribution is -2.01. The number of benzene rings is 1. The average molecular weight is 336 g/mol. The minimum Gasteiger partial charge on any atom is -0.497 e. The average Bonchev–Trinajstić information content (AvgIpc) is 2.45. The number of hydrogen-bond acceptors (Lipinski definition) is 4. The Kier molecular flexibility index (Phi) is 4.74. The Morgan fingerprint density at radius 2 is 2.10 bits per heavy atom. The van der Waals surface area contributed by atoms with Crippen LogP contribution >= 0.6 is 15.9 Å². The number of nitrogens with zero attached hydrogens (tertiary/aromatic N) is 1. The van der Waals surface area contributed by atoms with Crippen molar-refractivity contribution in [1.29, 1.82) is 0 Å². The highest BCUT2D eigenvalue weighted by atomic mass is 79.9. The first-order chi connectivity index (χ1) is 9.62. The number of aromatic nitrogens is 1. The number of hydrogen-bond donors (Lipinski definition) is 0. The Morgan fingerprint density at radius 1 is 1.30 bits per heavy atom. The predicted molar refractivity (Wildman–Crippen MR) is 79.4 cm³/mol. The van der Waals surface area contributed by atoms with Crippen LogP contribution < -0.4 is 9.47 Å². The zero-order chi connectivity index (χ0) is 14.5. The van der Waals surface area contributed by atoms with Crippen LogP contribution in [0.1, 0.15) is 21.7 Å². The van der Waals surface area contributed by atoms with Gasteiger partial charge in [-0.05, 0) is 41.1 Å². The third-order valence-corrected chi connectivity index (χ3v) is 3.30. The number of rotatable bonds is 5. The minimum atomic E-state index is 0.330. The molecule has 4 nitrogen and oxygen atoms in total. The predicted octanol–water partition coefficient (Wildman–Crippen LogP) is 3.55. The molecule has 2 rings (SSSR count). The van der Waals surface area contributed by atoms with Crippen molar-refractivity contribution in [3.63, 3.8) is 0 Å². The molecule has 1 heterocycles. The summed E-state index contributed by atoms with van der Waals surface area (Å²) in [5, 5.41) is 0. The second-order valence-corrected chi connectivity index (χ2v) is 5.09. The molecule has 0 saturated heterocycles. The van der Waals surface area contributed by atoms with Crippen LogP contribution in [0, 0.1) is 6.92 Å². The topological polar surface area (TPSA) is 48.4 Å². The van der Waals surface area contributed by atoms with E-state index in [9.17, 15) is 4.79 Å². The van der Waals surface area contributed by atoms with Crippen LogP contribution in [0.3, 0.4) is 0 Å². The lowest BCUT2D eigenvalue weighted by Gasteiger charge is -2.10. The SMILES string of the molecule is COc1cc(C)nc(COc2ccc(C=O)cc2Br)c1. The van der Waals surface area contributed by atoms with Crippen molar-refractivity contribution in [2.24, 2.45) is 0 Å². The van der Waals surface area contributed by atoms with Gasteiger partial charge >= 0.3 is 0 Å². The number of aldehydes is 1. The summed E-state index contributed by atoms with van der Waals surface area (Å²) >= 11 is 3.38. The van der Waals surface area contributed by atoms with Crippen molar-refractivity contribution >= 4 is 22.2 Å². The van der Waals surface area contributed by atoms with Crippen LogP contribution in [0.4, 0.5) is 0 Å². The molecular formula is C15H14BrNO3. The van der Waals surface area contributed by atoms with Crippen molar-refractivity contribution in [1.82, 2.24) is 4.98 Å². The summed E-state index contributed by atoms with van der Waals surface area (Å²) in [5.74, 6) is 1.42. The van der Waals surface area contributed by atoms with Gasteiger partial charge in [-0.1, -0.05) is 0 Å². The fourth-order valence-corrected chi connectivity index (χ4v) is 2.26. The molecule has 0 spiro atoms. The molecule has 0 radical (unpaired) electrons. The van der Waals surface area contributed by atoms with Crippen LogP contribution in [-0.2, 0) is 6.61 Å². The Labute approximate surface area is 125 Å². The van der Waals surface area contributed by atoms with E-state index in [1.165, 1.54) is 0 Å². The summed E-state index contributed by atoms with van der Waals surface area (Å²) < 4.78 is 11.6. The number of carbonyl (C=O) groups excluding carboxylic acids is 1. The van der Waals surface area contributed by atoms with Crippen molar-refractivity contribution in [3.05, 3.63) is 51.8 Å². The van der Waals surface area contributed by atoms with Gasteiger partial charge in [0.1, 0.15) is 24.4 Å². The number of pyridine rings is 1. The highest BCUT2D eigenvalue weighted by molar-refractivity contribution is 9.10. The third-order valence-electron chi connectivity index (χ3n) is 2.68. The van der Waals surface area contributed by atoms with Crippen molar-refractivity contribution in [3.8, 4) is 11.5 Å². The van der Waals surface area contributed by atoms with Gasteiger partial charge in [0.05, 0.1) is 17.3 Å². The maximum Gasteiger partial charge on any atom is 0.150 e. The number of carbonyl (C=O) groups is 1. The Balaban J connectivity index is 2.12. The quantitative estimate of drug-likeness (QED) is 0.784. The monoisotopic (exact) mass is 335 g/mol. The molecule has 0 fully saturated rings. The van der Waals surface area contributed by atoms with E-state index in [1.807, 2.05) is 19.1 Å². The lowest BCUT2D eigenvalue weighted by atomic mass is 10.2. The van der Waals surface area contributed by atoms with Gasteiger partial charge in [0, 0.05) is 23.4 Å². The van der Waals surface area contributed by atoms with E-state index < -0.39 is 0 Å². The Hall–Kier alpha value is -1.88. The van der Waals surface area contributed by atoms with E-state index in [0.29, 0.717) is 17.9 Å². The summed E-state index contributed by atoms with van der Waals surface area (Å²) in [7, 11) is 1.62. The van der Waals surface area contributed by atoms with E-state index in [-0.39, 0.29) is 0 Å². The fraction of sp³-hybridized carbons (Fsp3) is 0.200. The van der Waals surface area contributed by atoms with E-state index >= 15 is 0 Å². The molecule has 0 amide bonds. The van der Waals surface area contributed by atoms with Gasteiger partial charge in [-0.15, -0.1) is 0 Å². The van der Waals surface area contributed by atoms with Crippen LogP contribution in [0.2, 0.25) is 0 Å². The normalized spacial score (nSPS) is 10.2. The second-order valence-electron chi connectivity index (χ2n) is 4.24. The summed E-state index contributed by atoms with van der Waals surface area (Å²) in [4.78, 5) is 15.1. The fourth-order valence-electron chi connectivity index (χ4n) is 1.75. The number of halogens is 1. The van der Waals surface area contributed by atoms with Crippen molar-refractivity contribution < 1.29 is 14.3 Å². The van der Waals surface area contributed by atoms with Crippen molar-refractivity contribution in [2.75, 3.05) is 7.11 Å². The van der Waals surface area contributed by atoms with Gasteiger partial charge in [0.2, 0.25) is 0 Å². The number of methoxy groups -OCH3 is 1. The van der Waals surface area contributed by atoms with Crippen LogP contribution in [-0.4, -0.2) is 18.4 Å². The van der Waals surface area contributed by atoms with Gasteiger partial charge in [-0.25, -0.2) is 0 Å². The first-order valence-electron chi connectivity index (χ1n) is 6.01. The molecule has 0 unspecified atom stereocenters. The summed E-state index contributed by atoms with van der Waals surface area (Å²) in [5.41, 5.74) is 2.26. The molecule has 104 valence electrons. The highest BCUT2D eigenvalue weighted by Crippen LogP contribution is 2.26. The van der Waals surface area contributed by atoms with E-state index in [4.69, 9.17) is 9.47 Å². The lowest BCUT2D eigenvalue weighted by molar-refractivity contribution is 0.112. The Morgan fingerprint density at radius 3 is 2.75 bits per heavy atom. The van der Waals surface area contributed by atoms with E-state index in [1.54, 1.807) is 25.3 Å². The zero-order valence-electron chi connectivity index (χ0n) is 11.2. The molecule has 0 aliphatic carbocycles. The van der Waals surface area contributed by atoms with Gasteiger partial charge in [-0.2, -0.15) is 0 Å². The molecule has 0 aliphatic heterocycles. The molecule has 20 heavy (non-hydrogen) atoms. The molecule has 1 aromatic carbocycles. The Bertz CT molecular complexity index is 629. The highest BCUT2D eigenvalue weighted by Gasteiger charge is 2.05. The maximum atomic E-state index is 10.7. The van der Waals surface area contributed by atoms with Crippen LogP contribution in [0.5, 0.6) is 11.5 Å². The molecule has 0 atom stereocenters. The maximum absolute atomic E-state index is 10.7. The largest absolute Gasteiger partial charge is 0.497 e. The molecule has 0 N–H and O–H groups in total. The smallest absolute Gasteiger partial charge is 0.150 e. The summed E-state index contributed by atoms with van der Waals surface area (Å²) in [6.07, 6.45) is 0.793. The molecule has 0 saturated carbocycles. The summed E-state index contributed by atoms with van der Waals surface area (Å²) in [6, 6.07) is 8.86. The molecule has 2 aromatic rings. The van der Waals surface area contributed by atoms with Crippen LogP contribution in [0.15, 0.2) is 34.8 Å². The van der Waals surface area contributed by atoms with Crippen molar-refractivity contribution in [2.45, 2.75) is 13.5 Å². The van der Waals surface area contributed by atoms with Gasteiger partial charge < -0.3 is 9.47 Å². The zero-order valence-corrected chi connectivity index (χ0v) is 12.8. The van der Waals surface area contributed by atoms with E-state index in [0.717, 1.165) is 27.9 Å². The summed E-state index contributed by atoms with van der Waals surface area (Å²) in [6.45, 7) is 2.23. The molecule has 0 bridgehead atoms. The third kappa shape index (κ3) is 3.57. The number of ether oxygens (including phenoxy) is 2. The van der Waals surface area contributed by atoms with Gasteiger partial charge in [-0.3, -0.25) is 9.78 Å². The molecule has 5 heteroatoms. The molecular weight excluding hydrogens is 322 g/mol. The van der Waals surface area contributed by atoms with E-state index in [2.05, 4.69) is 20.9 Å². The van der Waals surface area contributed by atoms with Gasteiger partial charge in [0.25, 0.3) is 0 Å². The van der Waals surface area contributed by atoms with Gasteiger partial charge in [0.15, 0.2) is 0 Å².